The first kappa shape index (κ1) is 12.1. The standard InChI is InChI=1S/C9H8Cl2FNO2S/c10-8-2-1-6-3-4-13(16(12,14)15)5-7(6)9(8)11/h1-2H,3-5H2. The number of fused-ring (bicyclic) bond motifs is 1. The molecule has 0 bridgehead atoms. The van der Waals surface area contributed by atoms with Gasteiger partial charge >= 0.3 is 10.4 Å². The highest BCUT2D eigenvalue weighted by atomic mass is 35.5. The van der Waals surface area contributed by atoms with Crippen molar-refractivity contribution in [3.63, 3.8) is 0 Å². The van der Waals surface area contributed by atoms with Gasteiger partial charge in [-0.05, 0) is 23.6 Å². The second-order valence-corrected chi connectivity index (χ2v) is 5.65. The van der Waals surface area contributed by atoms with Crippen LogP contribution in [0.2, 0.25) is 10.0 Å². The van der Waals surface area contributed by atoms with Crippen LogP contribution in [0.1, 0.15) is 11.1 Å². The van der Waals surface area contributed by atoms with Crippen molar-refractivity contribution in [1.29, 1.82) is 0 Å². The quantitative estimate of drug-likeness (QED) is 0.743. The zero-order chi connectivity index (χ0) is 11.9. The van der Waals surface area contributed by atoms with E-state index in [0.717, 1.165) is 9.87 Å². The van der Waals surface area contributed by atoms with Crippen LogP contribution < -0.4 is 0 Å². The molecule has 88 valence electrons. The van der Waals surface area contributed by atoms with Crippen molar-refractivity contribution in [2.75, 3.05) is 6.54 Å². The highest BCUT2D eigenvalue weighted by Crippen LogP contribution is 2.33. The normalized spacial score (nSPS) is 17.2. The third kappa shape index (κ3) is 2.18. The van der Waals surface area contributed by atoms with Gasteiger partial charge in [-0.15, -0.1) is 0 Å². The molecule has 0 spiro atoms. The maximum absolute atomic E-state index is 12.8. The lowest BCUT2D eigenvalue weighted by molar-refractivity contribution is 0.366. The predicted molar refractivity (Wildman–Crippen MR) is 60.6 cm³/mol. The summed E-state index contributed by atoms with van der Waals surface area (Å²) in [5.74, 6) is 0. The van der Waals surface area contributed by atoms with Crippen molar-refractivity contribution in [1.82, 2.24) is 4.31 Å². The fraction of sp³-hybridized carbons (Fsp3) is 0.333. The van der Waals surface area contributed by atoms with E-state index in [2.05, 4.69) is 0 Å². The summed E-state index contributed by atoms with van der Waals surface area (Å²) in [6.45, 7) is 0.0668. The van der Waals surface area contributed by atoms with Crippen molar-refractivity contribution in [2.45, 2.75) is 13.0 Å². The summed E-state index contributed by atoms with van der Waals surface area (Å²) < 4.78 is 35.1. The number of hydrogen-bond acceptors (Lipinski definition) is 2. The zero-order valence-electron chi connectivity index (χ0n) is 8.08. The van der Waals surface area contributed by atoms with Crippen LogP contribution in [0.3, 0.4) is 0 Å². The Balaban J connectivity index is 2.43. The molecule has 0 radical (unpaired) electrons. The van der Waals surface area contributed by atoms with Gasteiger partial charge in [0.05, 0.1) is 10.0 Å². The summed E-state index contributed by atoms with van der Waals surface area (Å²) in [5.41, 5.74) is 1.50. The van der Waals surface area contributed by atoms with Gasteiger partial charge in [0, 0.05) is 13.1 Å². The summed E-state index contributed by atoms with van der Waals surface area (Å²) in [6, 6.07) is 3.44. The number of benzene rings is 1. The molecule has 0 N–H and O–H groups in total. The maximum atomic E-state index is 12.8. The molecule has 0 saturated carbocycles. The second kappa shape index (κ2) is 4.14. The van der Waals surface area contributed by atoms with Crippen LogP contribution in [0.5, 0.6) is 0 Å². The molecule has 0 atom stereocenters. The maximum Gasteiger partial charge on any atom is 0.375 e. The molecule has 1 aliphatic heterocycles. The van der Waals surface area contributed by atoms with E-state index in [1.807, 2.05) is 0 Å². The van der Waals surface area contributed by atoms with E-state index < -0.39 is 10.4 Å². The fourth-order valence-corrected chi connectivity index (χ4v) is 2.74. The first-order valence-corrected chi connectivity index (χ1v) is 6.64. The minimum atomic E-state index is -4.67. The van der Waals surface area contributed by atoms with E-state index in [0.29, 0.717) is 22.0 Å². The van der Waals surface area contributed by atoms with Crippen LogP contribution in [0, 0.1) is 0 Å². The summed E-state index contributed by atoms with van der Waals surface area (Å²) in [4.78, 5) is 0. The highest BCUT2D eigenvalue weighted by Gasteiger charge is 2.27. The lowest BCUT2D eigenvalue weighted by Crippen LogP contribution is -2.33. The minimum absolute atomic E-state index is 0.0619. The molecule has 0 unspecified atom stereocenters. The monoisotopic (exact) mass is 283 g/mol. The van der Waals surface area contributed by atoms with E-state index in [1.54, 1.807) is 12.1 Å². The first-order valence-electron chi connectivity index (χ1n) is 4.55. The van der Waals surface area contributed by atoms with Gasteiger partial charge in [-0.1, -0.05) is 33.2 Å². The van der Waals surface area contributed by atoms with Gasteiger partial charge in [-0.2, -0.15) is 12.7 Å². The van der Waals surface area contributed by atoms with E-state index in [9.17, 15) is 12.3 Å². The average Bonchev–Trinajstić information content (AvgIpc) is 2.22. The number of halogens is 3. The van der Waals surface area contributed by atoms with E-state index in [-0.39, 0.29) is 13.1 Å². The lowest BCUT2D eigenvalue weighted by Gasteiger charge is -2.25. The number of nitrogens with zero attached hydrogens (tertiary/aromatic N) is 1. The molecule has 0 amide bonds. The van der Waals surface area contributed by atoms with Crippen LogP contribution in [0.15, 0.2) is 12.1 Å². The Morgan fingerprint density at radius 2 is 2.00 bits per heavy atom. The summed E-state index contributed by atoms with van der Waals surface area (Å²) in [5, 5.41) is 0.644. The summed E-state index contributed by atoms with van der Waals surface area (Å²) in [7, 11) is -4.67. The van der Waals surface area contributed by atoms with E-state index in [4.69, 9.17) is 23.2 Å². The van der Waals surface area contributed by atoms with Crippen molar-refractivity contribution in [3.05, 3.63) is 33.3 Å². The molecule has 0 saturated heterocycles. The van der Waals surface area contributed by atoms with Crippen LogP contribution in [-0.2, 0) is 23.4 Å². The highest BCUT2D eigenvalue weighted by molar-refractivity contribution is 7.83. The molecule has 1 aliphatic rings. The zero-order valence-corrected chi connectivity index (χ0v) is 10.4. The molecular weight excluding hydrogens is 276 g/mol. The molecule has 0 aliphatic carbocycles. The van der Waals surface area contributed by atoms with E-state index >= 15 is 0 Å². The molecule has 0 aromatic heterocycles. The molecule has 1 heterocycles. The van der Waals surface area contributed by atoms with Crippen molar-refractivity contribution >= 4 is 33.6 Å². The molecular formula is C9H8Cl2FNO2S. The average molecular weight is 284 g/mol. The number of hydrogen-bond donors (Lipinski definition) is 0. The molecule has 16 heavy (non-hydrogen) atoms. The Kier molecular flexibility index (Phi) is 3.13. The van der Waals surface area contributed by atoms with Crippen molar-refractivity contribution < 1.29 is 12.3 Å². The predicted octanol–water partition coefficient (Wildman–Crippen LogP) is 2.57. The number of rotatable bonds is 1. The van der Waals surface area contributed by atoms with Gasteiger partial charge in [-0.3, -0.25) is 0 Å². The second-order valence-electron chi connectivity index (χ2n) is 3.52. The molecule has 1 aromatic rings. The van der Waals surface area contributed by atoms with Crippen molar-refractivity contribution in [2.24, 2.45) is 0 Å². The third-order valence-electron chi connectivity index (χ3n) is 2.57. The van der Waals surface area contributed by atoms with Crippen LogP contribution in [0.25, 0.3) is 0 Å². The Labute approximate surface area is 103 Å². The smallest absolute Gasteiger partial charge is 0.177 e. The van der Waals surface area contributed by atoms with Crippen LogP contribution in [0.4, 0.5) is 3.89 Å². The molecule has 2 rings (SSSR count). The Hall–Kier alpha value is -0.360. The SMILES string of the molecule is O=S(=O)(F)N1CCc2ccc(Cl)c(Cl)c2C1. The first-order chi connectivity index (χ1) is 7.39. The fourth-order valence-electron chi connectivity index (χ4n) is 1.72. The van der Waals surface area contributed by atoms with Gasteiger partial charge in [-0.25, -0.2) is 0 Å². The van der Waals surface area contributed by atoms with Gasteiger partial charge in [0.25, 0.3) is 0 Å². The molecule has 3 nitrogen and oxygen atoms in total. The van der Waals surface area contributed by atoms with Crippen LogP contribution in [-0.4, -0.2) is 19.3 Å². The molecule has 7 heteroatoms. The summed E-state index contributed by atoms with van der Waals surface area (Å²) >= 11 is 11.8. The van der Waals surface area contributed by atoms with Gasteiger partial charge in [0.1, 0.15) is 0 Å². The largest absolute Gasteiger partial charge is 0.375 e. The van der Waals surface area contributed by atoms with Gasteiger partial charge < -0.3 is 0 Å². The van der Waals surface area contributed by atoms with Crippen LogP contribution >= 0.6 is 23.2 Å². The van der Waals surface area contributed by atoms with Gasteiger partial charge in [0.2, 0.25) is 0 Å². The van der Waals surface area contributed by atoms with E-state index in [1.165, 1.54) is 0 Å². The Morgan fingerprint density at radius 3 is 2.62 bits per heavy atom. The molecule has 0 fully saturated rings. The Morgan fingerprint density at radius 1 is 1.31 bits per heavy atom. The Bertz CT molecular complexity index is 533. The lowest BCUT2D eigenvalue weighted by atomic mass is 10.0. The van der Waals surface area contributed by atoms with Gasteiger partial charge in [0.15, 0.2) is 0 Å². The molecule has 1 aromatic carbocycles. The topological polar surface area (TPSA) is 37.4 Å². The third-order valence-corrected chi connectivity index (χ3v) is 4.34. The van der Waals surface area contributed by atoms with Crippen molar-refractivity contribution in [3.8, 4) is 0 Å². The summed E-state index contributed by atoms with van der Waals surface area (Å²) in [6.07, 6.45) is 0.440. The minimum Gasteiger partial charge on any atom is -0.177 e.